The van der Waals surface area contributed by atoms with Gasteiger partial charge in [0.1, 0.15) is 12.6 Å². The van der Waals surface area contributed by atoms with Gasteiger partial charge in [-0.3, -0.25) is 13.9 Å². The third-order valence-electron chi connectivity index (χ3n) is 6.20. The van der Waals surface area contributed by atoms with Crippen molar-refractivity contribution in [2.24, 2.45) is 0 Å². The molecule has 0 aliphatic carbocycles. The predicted octanol–water partition coefficient (Wildman–Crippen LogP) is 4.83. The largest absolute Gasteiger partial charge is 0.352 e. The Labute approximate surface area is 230 Å². The van der Waals surface area contributed by atoms with Gasteiger partial charge in [-0.25, -0.2) is 8.42 Å². The average Bonchev–Trinajstić information content (AvgIpc) is 2.89. The monoisotopic (exact) mass is 555 g/mol. The van der Waals surface area contributed by atoms with Crippen LogP contribution in [0.5, 0.6) is 0 Å². The second-order valence-electron chi connectivity index (χ2n) is 9.37. The van der Waals surface area contributed by atoms with E-state index in [2.05, 4.69) is 5.32 Å². The molecule has 1 unspecified atom stereocenters. The van der Waals surface area contributed by atoms with Gasteiger partial charge in [-0.2, -0.15) is 0 Å². The van der Waals surface area contributed by atoms with Crippen LogP contribution in [0.15, 0.2) is 83.8 Å². The van der Waals surface area contributed by atoms with Crippen molar-refractivity contribution in [2.45, 2.75) is 51.1 Å². The number of carbonyl (C=O) groups is 2. The van der Waals surface area contributed by atoms with Crippen molar-refractivity contribution in [1.29, 1.82) is 0 Å². The summed E-state index contributed by atoms with van der Waals surface area (Å²) in [5.41, 5.74) is 1.83. The molecule has 0 aromatic heterocycles. The molecule has 9 heteroatoms. The number of amides is 2. The van der Waals surface area contributed by atoms with Gasteiger partial charge in [0, 0.05) is 17.6 Å². The number of hydrogen-bond donors (Lipinski definition) is 1. The Morgan fingerprint density at radius 3 is 2.11 bits per heavy atom. The van der Waals surface area contributed by atoms with E-state index in [9.17, 15) is 18.0 Å². The summed E-state index contributed by atoms with van der Waals surface area (Å²) >= 11 is 6.34. The normalized spacial score (nSPS) is 12.2. The highest BCUT2D eigenvalue weighted by Gasteiger charge is 2.33. The lowest BCUT2D eigenvalue weighted by atomic mass is 10.1. The zero-order valence-corrected chi connectivity index (χ0v) is 23.7. The van der Waals surface area contributed by atoms with Crippen LogP contribution in [0.2, 0.25) is 5.02 Å². The second kappa shape index (κ2) is 12.9. The van der Waals surface area contributed by atoms with E-state index in [-0.39, 0.29) is 23.4 Å². The molecule has 0 aliphatic rings. The van der Waals surface area contributed by atoms with Crippen LogP contribution in [-0.4, -0.2) is 50.3 Å². The molecule has 0 saturated heterocycles. The van der Waals surface area contributed by atoms with Gasteiger partial charge in [0.05, 0.1) is 10.6 Å². The third-order valence-corrected chi connectivity index (χ3v) is 8.38. The van der Waals surface area contributed by atoms with Gasteiger partial charge in [0.15, 0.2) is 0 Å². The second-order valence-corrected chi connectivity index (χ2v) is 11.6. The molecule has 2 amide bonds. The number of anilines is 1. The summed E-state index contributed by atoms with van der Waals surface area (Å²) in [6.45, 7) is 6.80. The molecule has 3 aromatic rings. The average molecular weight is 556 g/mol. The predicted molar refractivity (Wildman–Crippen MR) is 152 cm³/mol. The van der Waals surface area contributed by atoms with Gasteiger partial charge < -0.3 is 10.2 Å². The Kier molecular flexibility index (Phi) is 9.94. The van der Waals surface area contributed by atoms with Crippen molar-refractivity contribution in [3.63, 3.8) is 0 Å². The fraction of sp³-hybridized carbons (Fsp3) is 0.310. The number of rotatable bonds is 11. The Balaban J connectivity index is 2.01. The van der Waals surface area contributed by atoms with Crippen molar-refractivity contribution < 1.29 is 18.0 Å². The molecular formula is C29H34ClN3O4S. The highest BCUT2D eigenvalue weighted by atomic mass is 35.5. The molecule has 0 heterocycles. The lowest BCUT2D eigenvalue weighted by Crippen LogP contribution is -2.53. The summed E-state index contributed by atoms with van der Waals surface area (Å²) in [6.07, 6.45) is 0.507. The summed E-state index contributed by atoms with van der Waals surface area (Å²) in [4.78, 5) is 28.3. The van der Waals surface area contributed by atoms with E-state index >= 15 is 0 Å². The molecule has 7 nitrogen and oxygen atoms in total. The fourth-order valence-electron chi connectivity index (χ4n) is 4.07. The van der Waals surface area contributed by atoms with Gasteiger partial charge >= 0.3 is 0 Å². The first-order valence-electron chi connectivity index (χ1n) is 12.5. The van der Waals surface area contributed by atoms with Crippen LogP contribution in [0.1, 0.15) is 31.9 Å². The molecule has 0 spiro atoms. The highest BCUT2D eigenvalue weighted by Crippen LogP contribution is 2.31. The summed E-state index contributed by atoms with van der Waals surface area (Å²) < 4.78 is 28.7. The molecule has 0 fully saturated rings. The van der Waals surface area contributed by atoms with Crippen molar-refractivity contribution in [3.05, 3.63) is 95.0 Å². The van der Waals surface area contributed by atoms with E-state index in [0.29, 0.717) is 22.7 Å². The van der Waals surface area contributed by atoms with E-state index in [0.717, 1.165) is 9.87 Å². The summed E-state index contributed by atoms with van der Waals surface area (Å²) in [6, 6.07) is 21.6. The zero-order chi connectivity index (χ0) is 27.9. The first-order chi connectivity index (χ1) is 18.0. The first kappa shape index (κ1) is 29.2. The third kappa shape index (κ3) is 7.14. The molecule has 0 bridgehead atoms. The van der Waals surface area contributed by atoms with Crippen LogP contribution in [0.25, 0.3) is 0 Å². The molecule has 0 radical (unpaired) electrons. The lowest BCUT2D eigenvalue weighted by molar-refractivity contribution is -0.139. The minimum absolute atomic E-state index is 0.0496. The Hall–Kier alpha value is -3.36. The van der Waals surface area contributed by atoms with Crippen molar-refractivity contribution in [2.75, 3.05) is 17.4 Å². The van der Waals surface area contributed by atoms with Crippen LogP contribution >= 0.6 is 11.6 Å². The summed E-state index contributed by atoms with van der Waals surface area (Å²) in [7, 11) is -4.13. The molecule has 0 saturated carbocycles. The Morgan fingerprint density at radius 2 is 1.50 bits per heavy atom. The number of nitrogens with zero attached hydrogens (tertiary/aromatic N) is 2. The van der Waals surface area contributed by atoms with Gasteiger partial charge in [-0.1, -0.05) is 66.2 Å². The fourth-order valence-corrected chi connectivity index (χ4v) is 5.74. The number of halogens is 1. The number of hydrogen-bond acceptors (Lipinski definition) is 4. The van der Waals surface area contributed by atoms with Gasteiger partial charge in [0.25, 0.3) is 10.0 Å². The summed E-state index contributed by atoms with van der Waals surface area (Å²) in [5.74, 6) is -0.802. The molecule has 202 valence electrons. The van der Waals surface area contributed by atoms with Crippen LogP contribution < -0.4 is 9.62 Å². The van der Waals surface area contributed by atoms with E-state index < -0.39 is 28.5 Å². The van der Waals surface area contributed by atoms with Gasteiger partial charge in [0.2, 0.25) is 11.8 Å². The van der Waals surface area contributed by atoms with Crippen LogP contribution in [0.4, 0.5) is 5.69 Å². The molecule has 38 heavy (non-hydrogen) atoms. The van der Waals surface area contributed by atoms with Gasteiger partial charge in [-0.15, -0.1) is 0 Å². The Morgan fingerprint density at radius 1 is 0.895 bits per heavy atom. The molecular weight excluding hydrogens is 522 g/mol. The maximum atomic E-state index is 13.9. The van der Waals surface area contributed by atoms with E-state index in [1.165, 1.54) is 17.0 Å². The van der Waals surface area contributed by atoms with Crippen molar-refractivity contribution >= 4 is 39.1 Å². The molecule has 0 aliphatic heterocycles. The Bertz CT molecular complexity index is 1350. The molecule has 1 atom stereocenters. The SMILES string of the molecule is Cc1c(Cl)cccc1N(CC(=O)N(CCc1ccccc1)C(C)C(=O)NC(C)C)S(=O)(=O)c1ccccc1. The molecule has 3 aromatic carbocycles. The van der Waals surface area contributed by atoms with E-state index in [4.69, 9.17) is 11.6 Å². The summed E-state index contributed by atoms with van der Waals surface area (Å²) in [5, 5.41) is 3.23. The van der Waals surface area contributed by atoms with Crippen molar-refractivity contribution in [1.82, 2.24) is 10.2 Å². The number of nitrogens with one attached hydrogen (secondary N) is 1. The topological polar surface area (TPSA) is 86.8 Å². The van der Waals surface area contributed by atoms with E-state index in [1.807, 2.05) is 44.2 Å². The van der Waals surface area contributed by atoms with Crippen LogP contribution in [0.3, 0.4) is 0 Å². The van der Waals surface area contributed by atoms with Gasteiger partial charge in [-0.05, 0) is 69.5 Å². The highest BCUT2D eigenvalue weighted by molar-refractivity contribution is 7.92. The smallest absolute Gasteiger partial charge is 0.264 e. The zero-order valence-electron chi connectivity index (χ0n) is 22.1. The first-order valence-corrected chi connectivity index (χ1v) is 14.3. The maximum Gasteiger partial charge on any atom is 0.264 e. The number of carbonyl (C=O) groups excluding carboxylic acids is 2. The van der Waals surface area contributed by atoms with Crippen LogP contribution in [-0.2, 0) is 26.0 Å². The lowest BCUT2D eigenvalue weighted by Gasteiger charge is -2.32. The van der Waals surface area contributed by atoms with Crippen LogP contribution in [0, 0.1) is 6.92 Å². The minimum atomic E-state index is -4.13. The number of sulfonamides is 1. The molecule has 1 N–H and O–H groups in total. The standard InChI is InChI=1S/C29H34ClN3O4S/c1-21(2)31-29(35)23(4)32(19-18-24-12-7-5-8-13-24)28(34)20-33(27-17-11-16-26(30)22(27)3)38(36,37)25-14-9-6-10-15-25/h5-17,21,23H,18-20H2,1-4H3,(H,31,35). The number of benzene rings is 3. The maximum absolute atomic E-state index is 13.9. The van der Waals surface area contributed by atoms with E-state index in [1.54, 1.807) is 50.2 Å². The minimum Gasteiger partial charge on any atom is -0.352 e. The van der Waals surface area contributed by atoms with Crippen molar-refractivity contribution in [3.8, 4) is 0 Å². The quantitative estimate of drug-likeness (QED) is 0.367. The molecule has 3 rings (SSSR count).